The summed E-state index contributed by atoms with van der Waals surface area (Å²) < 4.78 is 1.46. The zero-order valence-corrected chi connectivity index (χ0v) is 14.2. The molecule has 2 rings (SSSR count). The van der Waals surface area contributed by atoms with Crippen LogP contribution >= 0.6 is 23.2 Å². The number of rotatable bonds is 5. The van der Waals surface area contributed by atoms with Gasteiger partial charge in [0.1, 0.15) is 18.3 Å². The van der Waals surface area contributed by atoms with Crippen LogP contribution in [0.15, 0.2) is 30.9 Å². The molecule has 0 aliphatic rings. The zero-order valence-electron chi connectivity index (χ0n) is 12.7. The van der Waals surface area contributed by atoms with Crippen molar-refractivity contribution in [2.45, 2.75) is 38.5 Å². The molecule has 2 aromatic rings. The van der Waals surface area contributed by atoms with E-state index >= 15 is 0 Å². The maximum absolute atomic E-state index is 11.4. The third-order valence-electron chi connectivity index (χ3n) is 4.20. The van der Waals surface area contributed by atoms with Crippen molar-refractivity contribution in [3.63, 3.8) is 0 Å². The standard InChI is InChI=1S/C15H19Cl2N3O2/c1-10(2)14(3,21)15(22,7-20-9-18-8-19-20)12-5-4-11(16)6-13(12)17/h4-6,8-10,21-22H,7H2,1-3H3/t14-,15-/m0/s1. The summed E-state index contributed by atoms with van der Waals surface area (Å²) in [7, 11) is 0. The Morgan fingerprint density at radius 1 is 1.27 bits per heavy atom. The summed E-state index contributed by atoms with van der Waals surface area (Å²) in [6.07, 6.45) is 2.85. The van der Waals surface area contributed by atoms with Crippen molar-refractivity contribution in [2.75, 3.05) is 0 Å². The van der Waals surface area contributed by atoms with Crippen molar-refractivity contribution in [3.8, 4) is 0 Å². The van der Waals surface area contributed by atoms with Gasteiger partial charge in [-0.2, -0.15) is 5.10 Å². The first-order valence-electron chi connectivity index (χ1n) is 6.91. The number of nitrogens with zero attached hydrogens (tertiary/aromatic N) is 3. The lowest BCUT2D eigenvalue weighted by Gasteiger charge is -2.44. The van der Waals surface area contributed by atoms with Gasteiger partial charge in [-0.1, -0.05) is 43.1 Å². The van der Waals surface area contributed by atoms with Crippen LogP contribution in [0.1, 0.15) is 26.3 Å². The van der Waals surface area contributed by atoms with Gasteiger partial charge in [-0.15, -0.1) is 0 Å². The van der Waals surface area contributed by atoms with Crippen LogP contribution in [-0.4, -0.2) is 30.6 Å². The quantitative estimate of drug-likeness (QED) is 0.875. The normalized spacial score (nSPS) is 17.3. The largest absolute Gasteiger partial charge is 0.386 e. The summed E-state index contributed by atoms with van der Waals surface area (Å²) in [5.41, 5.74) is -2.71. The molecule has 2 atom stereocenters. The molecule has 0 unspecified atom stereocenters. The van der Waals surface area contributed by atoms with Gasteiger partial charge in [0.05, 0.1) is 12.1 Å². The molecule has 0 aliphatic heterocycles. The minimum absolute atomic E-state index is 0.0134. The van der Waals surface area contributed by atoms with Crippen LogP contribution in [0.2, 0.25) is 10.0 Å². The smallest absolute Gasteiger partial charge is 0.139 e. The second-order valence-electron chi connectivity index (χ2n) is 5.88. The van der Waals surface area contributed by atoms with Crippen molar-refractivity contribution < 1.29 is 10.2 Å². The van der Waals surface area contributed by atoms with Gasteiger partial charge >= 0.3 is 0 Å². The highest BCUT2D eigenvalue weighted by Crippen LogP contribution is 2.42. The number of aliphatic hydroxyl groups is 2. The van der Waals surface area contributed by atoms with Crippen LogP contribution in [0.4, 0.5) is 0 Å². The van der Waals surface area contributed by atoms with Crippen LogP contribution in [0.5, 0.6) is 0 Å². The van der Waals surface area contributed by atoms with Gasteiger partial charge in [0.15, 0.2) is 0 Å². The molecule has 0 fully saturated rings. The van der Waals surface area contributed by atoms with Crippen molar-refractivity contribution in [1.82, 2.24) is 14.8 Å². The molecule has 0 aliphatic carbocycles. The summed E-state index contributed by atoms with van der Waals surface area (Å²) >= 11 is 12.2. The van der Waals surface area contributed by atoms with Crippen LogP contribution in [0.3, 0.4) is 0 Å². The average molecular weight is 344 g/mol. The Morgan fingerprint density at radius 2 is 1.95 bits per heavy atom. The highest BCUT2D eigenvalue weighted by atomic mass is 35.5. The summed E-state index contributed by atoms with van der Waals surface area (Å²) in [5, 5.41) is 27.1. The highest BCUT2D eigenvalue weighted by Gasteiger charge is 2.50. The van der Waals surface area contributed by atoms with Crippen molar-refractivity contribution >= 4 is 23.2 Å². The number of halogens is 2. The molecule has 0 saturated heterocycles. The second-order valence-corrected chi connectivity index (χ2v) is 6.72. The van der Waals surface area contributed by atoms with Crippen molar-refractivity contribution in [1.29, 1.82) is 0 Å². The third kappa shape index (κ3) is 2.99. The maximum atomic E-state index is 11.4. The molecule has 7 heteroatoms. The van der Waals surface area contributed by atoms with Gasteiger partial charge in [0.2, 0.25) is 0 Å². The van der Waals surface area contributed by atoms with Crippen LogP contribution in [0, 0.1) is 5.92 Å². The fraction of sp³-hybridized carbons (Fsp3) is 0.467. The Labute approximate surface area is 139 Å². The fourth-order valence-electron chi connectivity index (χ4n) is 2.37. The van der Waals surface area contributed by atoms with Gasteiger partial charge in [-0.3, -0.25) is 0 Å². The lowest BCUT2D eigenvalue weighted by molar-refractivity contribution is -0.180. The summed E-state index contributed by atoms with van der Waals surface area (Å²) in [6.45, 7) is 5.26. The monoisotopic (exact) mass is 343 g/mol. The van der Waals surface area contributed by atoms with E-state index in [1.165, 1.54) is 17.3 Å². The first-order chi connectivity index (χ1) is 10.2. The molecule has 0 spiro atoms. The lowest BCUT2D eigenvalue weighted by atomic mass is 9.72. The molecular formula is C15H19Cl2N3O2. The molecule has 1 aromatic heterocycles. The van der Waals surface area contributed by atoms with Gasteiger partial charge in [-0.25, -0.2) is 9.67 Å². The summed E-state index contributed by atoms with van der Waals surface area (Å²) in [5.74, 6) is -0.229. The minimum Gasteiger partial charge on any atom is -0.386 e. The van der Waals surface area contributed by atoms with E-state index in [-0.39, 0.29) is 17.5 Å². The third-order valence-corrected chi connectivity index (χ3v) is 4.74. The summed E-state index contributed by atoms with van der Waals surface area (Å²) in [4.78, 5) is 3.87. The van der Waals surface area contributed by atoms with Crippen molar-refractivity contribution in [3.05, 3.63) is 46.5 Å². The van der Waals surface area contributed by atoms with E-state index in [4.69, 9.17) is 23.2 Å². The van der Waals surface area contributed by atoms with Gasteiger partial charge < -0.3 is 10.2 Å². The first kappa shape index (κ1) is 17.2. The van der Waals surface area contributed by atoms with Crippen LogP contribution < -0.4 is 0 Å². The Kier molecular flexibility index (Phi) is 4.82. The number of hydrogen-bond acceptors (Lipinski definition) is 4. The topological polar surface area (TPSA) is 71.2 Å². The van der Waals surface area contributed by atoms with Gasteiger partial charge in [-0.05, 0) is 25.0 Å². The number of aromatic nitrogens is 3. The molecule has 1 aromatic carbocycles. The van der Waals surface area contributed by atoms with E-state index in [0.29, 0.717) is 10.6 Å². The SMILES string of the molecule is CC(C)[C@](C)(O)[C@](O)(Cn1cncn1)c1ccc(Cl)cc1Cl. The molecule has 0 amide bonds. The first-order valence-corrected chi connectivity index (χ1v) is 7.67. The molecule has 0 saturated carbocycles. The number of hydrogen-bond donors (Lipinski definition) is 2. The van der Waals surface area contributed by atoms with Crippen molar-refractivity contribution in [2.24, 2.45) is 5.92 Å². The highest BCUT2D eigenvalue weighted by molar-refractivity contribution is 6.35. The molecule has 2 N–H and O–H groups in total. The molecule has 120 valence electrons. The van der Waals surface area contributed by atoms with Crippen LogP contribution in [-0.2, 0) is 12.1 Å². The molecule has 0 radical (unpaired) electrons. The Morgan fingerprint density at radius 3 is 2.45 bits per heavy atom. The van der Waals surface area contributed by atoms with E-state index in [0.717, 1.165) is 0 Å². The Balaban J connectivity index is 2.59. The predicted octanol–water partition coefficient (Wildman–Crippen LogP) is 2.88. The van der Waals surface area contributed by atoms with Crippen LogP contribution in [0.25, 0.3) is 0 Å². The Bertz CT molecular complexity index is 644. The molecule has 5 nitrogen and oxygen atoms in total. The average Bonchev–Trinajstić information content (AvgIpc) is 2.90. The molecular weight excluding hydrogens is 325 g/mol. The Hall–Kier alpha value is -1.14. The second kappa shape index (κ2) is 6.16. The van der Waals surface area contributed by atoms with E-state index in [1.54, 1.807) is 25.1 Å². The number of benzene rings is 1. The lowest BCUT2D eigenvalue weighted by Crippen LogP contribution is -2.55. The zero-order chi connectivity index (χ0) is 16.5. The predicted molar refractivity (Wildman–Crippen MR) is 85.8 cm³/mol. The molecule has 0 bridgehead atoms. The maximum Gasteiger partial charge on any atom is 0.139 e. The van der Waals surface area contributed by atoms with E-state index in [9.17, 15) is 10.2 Å². The van der Waals surface area contributed by atoms with Gasteiger partial charge in [0, 0.05) is 15.6 Å². The fourth-order valence-corrected chi connectivity index (χ4v) is 2.93. The van der Waals surface area contributed by atoms with E-state index in [2.05, 4.69) is 10.1 Å². The van der Waals surface area contributed by atoms with E-state index < -0.39 is 11.2 Å². The minimum atomic E-state index is -1.66. The van der Waals surface area contributed by atoms with E-state index in [1.807, 2.05) is 13.8 Å². The summed E-state index contributed by atoms with van der Waals surface area (Å²) in [6, 6.07) is 4.80. The van der Waals surface area contributed by atoms with Gasteiger partial charge in [0.25, 0.3) is 0 Å². The molecule has 1 heterocycles. The molecule has 22 heavy (non-hydrogen) atoms.